The molecule has 1 N–H and O–H groups in total. The third kappa shape index (κ3) is 4.43. The van der Waals surface area contributed by atoms with Crippen LogP contribution in [-0.4, -0.2) is 67.3 Å². The first-order chi connectivity index (χ1) is 19.0. The number of imidazole rings is 1. The Kier molecular flexibility index (Phi) is 6.19. The van der Waals surface area contributed by atoms with Crippen molar-refractivity contribution in [2.45, 2.75) is 70.1 Å². The number of ether oxygens (including phenoxy) is 3. The average molecular weight is 556 g/mol. The monoisotopic (exact) mass is 555 g/mol. The zero-order valence-electron chi connectivity index (χ0n) is 22.4. The first-order valence-electron chi connectivity index (χ1n) is 12.8. The van der Waals surface area contributed by atoms with Gasteiger partial charge in [-0.05, 0) is 26.7 Å². The molecule has 4 aromatic rings. The van der Waals surface area contributed by atoms with E-state index in [-0.39, 0.29) is 5.56 Å². The number of nitrogens with one attached hydrogen (secondary N) is 1. The minimum Gasteiger partial charge on any atom is -0.347 e. The third-order valence-corrected chi connectivity index (χ3v) is 7.25. The molecule has 2 fully saturated rings. The summed E-state index contributed by atoms with van der Waals surface area (Å²) in [7, 11) is 3.03. The smallest absolute Gasteiger partial charge is 0.332 e. The molecule has 0 aliphatic carbocycles. The largest absolute Gasteiger partial charge is 0.347 e. The normalized spacial score (nSPS) is 23.7. The highest BCUT2D eigenvalue weighted by molar-refractivity contribution is 5.69. The van der Waals surface area contributed by atoms with Crippen LogP contribution in [-0.2, 0) is 47.8 Å². The van der Waals surface area contributed by atoms with Crippen molar-refractivity contribution in [1.29, 1.82) is 0 Å². The van der Waals surface area contributed by atoms with E-state index >= 15 is 0 Å². The molecule has 4 atom stereocenters. The summed E-state index contributed by atoms with van der Waals surface area (Å²) in [6, 6.07) is 1.25. The number of aryl methyl sites for hydroxylation is 3. The van der Waals surface area contributed by atoms with Gasteiger partial charge in [-0.15, -0.1) is 5.10 Å². The Morgan fingerprint density at radius 3 is 2.62 bits per heavy atom. The molecule has 0 saturated carbocycles. The van der Waals surface area contributed by atoms with Gasteiger partial charge < -0.3 is 18.8 Å². The lowest BCUT2D eigenvalue weighted by Gasteiger charge is -2.24. The Morgan fingerprint density at radius 1 is 1.07 bits per heavy atom. The number of nitrogens with zero attached hydrogens (tertiary/aromatic N) is 8. The average Bonchev–Trinajstić information content (AvgIpc) is 3.66. The molecule has 16 nitrogen and oxygen atoms in total. The van der Waals surface area contributed by atoms with Crippen molar-refractivity contribution < 1.29 is 14.2 Å². The van der Waals surface area contributed by atoms with Gasteiger partial charge in [0, 0.05) is 39.1 Å². The molecular weight excluding hydrogens is 526 g/mol. The molecule has 0 radical (unpaired) electrons. The maximum atomic E-state index is 12.6. The highest BCUT2D eigenvalue weighted by Crippen LogP contribution is 2.42. The van der Waals surface area contributed by atoms with E-state index in [0.29, 0.717) is 37.1 Å². The second kappa shape index (κ2) is 9.50. The summed E-state index contributed by atoms with van der Waals surface area (Å²) in [5.74, 6) is -0.875. The molecular formula is C24H29N9O7. The van der Waals surface area contributed by atoms with Crippen molar-refractivity contribution >= 4 is 11.2 Å². The van der Waals surface area contributed by atoms with Crippen LogP contribution in [0, 0.1) is 0 Å². The molecule has 2 aliphatic rings. The van der Waals surface area contributed by atoms with Crippen LogP contribution in [0.1, 0.15) is 32.2 Å². The van der Waals surface area contributed by atoms with E-state index in [1.807, 2.05) is 6.20 Å². The van der Waals surface area contributed by atoms with Gasteiger partial charge in [0.15, 0.2) is 23.2 Å². The van der Waals surface area contributed by atoms with Crippen molar-refractivity contribution in [3.8, 4) is 0 Å². The summed E-state index contributed by atoms with van der Waals surface area (Å²) in [6.45, 7) is 4.39. The highest BCUT2D eigenvalue weighted by Gasteiger charge is 2.56. The van der Waals surface area contributed by atoms with E-state index in [2.05, 4.69) is 20.3 Å². The summed E-state index contributed by atoms with van der Waals surface area (Å²) >= 11 is 0. The van der Waals surface area contributed by atoms with E-state index in [1.165, 1.54) is 28.4 Å². The summed E-state index contributed by atoms with van der Waals surface area (Å²) in [5.41, 5.74) is -0.444. The fourth-order valence-corrected chi connectivity index (χ4v) is 5.38. The predicted octanol–water partition coefficient (Wildman–Crippen LogP) is -1.37. The van der Waals surface area contributed by atoms with E-state index in [0.717, 1.165) is 10.3 Å². The fourth-order valence-electron chi connectivity index (χ4n) is 5.38. The number of fused-ring (bicyclic) bond motifs is 2. The SMILES string of the molecule is Cn1c(=O)c2c(ncn2CCCc2cn(CC3OC(n4ccc(=O)[nH]c4=O)C4OC(C)(C)OC34)nn2)n(C)c1=O. The van der Waals surface area contributed by atoms with Crippen LogP contribution < -0.4 is 22.5 Å². The molecule has 212 valence electrons. The lowest BCUT2D eigenvalue weighted by Crippen LogP contribution is -2.37. The van der Waals surface area contributed by atoms with Gasteiger partial charge in [0.25, 0.3) is 11.1 Å². The molecule has 6 rings (SSSR count). The Hall–Kier alpha value is -4.15. The second-order valence-corrected chi connectivity index (χ2v) is 10.5. The van der Waals surface area contributed by atoms with E-state index in [1.54, 1.807) is 36.5 Å². The molecule has 40 heavy (non-hydrogen) atoms. The quantitative estimate of drug-likeness (QED) is 0.286. The molecule has 4 unspecified atom stereocenters. The fraction of sp³-hybridized carbons (Fsp3) is 0.542. The Morgan fingerprint density at radius 2 is 1.85 bits per heavy atom. The molecule has 6 heterocycles. The van der Waals surface area contributed by atoms with Gasteiger partial charge in [-0.25, -0.2) is 19.3 Å². The summed E-state index contributed by atoms with van der Waals surface area (Å²) in [6.07, 6.45) is 3.68. The minimum atomic E-state index is -0.875. The van der Waals surface area contributed by atoms with Gasteiger partial charge in [-0.1, -0.05) is 5.21 Å². The van der Waals surface area contributed by atoms with Crippen molar-refractivity contribution in [1.82, 2.24) is 43.2 Å². The standard InChI is InChI=1S/C24H29N9O7/c1-24(2)39-17-14(38-21(18(17)40-24)33-9-7-15(34)26-22(33)36)11-32-10-13(27-28-32)6-5-8-31-12-25-19-16(31)20(35)30(4)23(37)29(19)3/h7,9-10,12,14,17-18,21H,5-6,8,11H2,1-4H3,(H,26,34,36). The number of aromatic nitrogens is 9. The molecule has 4 aromatic heterocycles. The van der Waals surface area contributed by atoms with E-state index < -0.39 is 47.3 Å². The number of hydrogen-bond donors (Lipinski definition) is 1. The number of rotatable bonds is 7. The van der Waals surface area contributed by atoms with Crippen LogP contribution in [0.3, 0.4) is 0 Å². The second-order valence-electron chi connectivity index (χ2n) is 10.5. The van der Waals surface area contributed by atoms with Crippen LogP contribution in [0.5, 0.6) is 0 Å². The summed E-state index contributed by atoms with van der Waals surface area (Å²) in [5, 5.41) is 8.50. The van der Waals surface area contributed by atoms with E-state index in [4.69, 9.17) is 14.2 Å². The van der Waals surface area contributed by atoms with Crippen LogP contribution in [0.2, 0.25) is 0 Å². The molecule has 0 bridgehead atoms. The first-order valence-corrected chi connectivity index (χ1v) is 12.8. The minimum absolute atomic E-state index is 0.304. The maximum absolute atomic E-state index is 12.6. The van der Waals surface area contributed by atoms with Crippen molar-refractivity contribution in [3.05, 3.63) is 72.2 Å². The summed E-state index contributed by atoms with van der Waals surface area (Å²) in [4.78, 5) is 55.3. The predicted molar refractivity (Wildman–Crippen MR) is 138 cm³/mol. The number of H-pyrrole nitrogens is 1. The van der Waals surface area contributed by atoms with Gasteiger partial charge in [0.1, 0.15) is 18.3 Å². The van der Waals surface area contributed by atoms with Crippen LogP contribution in [0.25, 0.3) is 11.2 Å². The van der Waals surface area contributed by atoms with Crippen LogP contribution in [0.15, 0.2) is 44.0 Å². The van der Waals surface area contributed by atoms with Crippen LogP contribution in [0.4, 0.5) is 0 Å². The van der Waals surface area contributed by atoms with Gasteiger partial charge in [-0.2, -0.15) is 0 Å². The number of hydrogen-bond acceptors (Lipinski definition) is 10. The van der Waals surface area contributed by atoms with Crippen LogP contribution >= 0.6 is 0 Å². The summed E-state index contributed by atoms with van der Waals surface area (Å²) < 4.78 is 25.5. The maximum Gasteiger partial charge on any atom is 0.332 e. The Labute approximate surface area is 225 Å². The van der Waals surface area contributed by atoms with Crippen molar-refractivity contribution in [2.75, 3.05) is 0 Å². The topological polar surface area (TPSA) is 175 Å². The molecule has 0 spiro atoms. The van der Waals surface area contributed by atoms with Crippen molar-refractivity contribution in [2.24, 2.45) is 14.1 Å². The lowest BCUT2D eigenvalue weighted by atomic mass is 10.1. The molecule has 0 amide bonds. The van der Waals surface area contributed by atoms with Gasteiger partial charge in [0.2, 0.25) is 0 Å². The van der Waals surface area contributed by atoms with Gasteiger partial charge in [0.05, 0.1) is 18.6 Å². The molecule has 2 saturated heterocycles. The molecule has 16 heteroatoms. The molecule has 0 aromatic carbocycles. The van der Waals surface area contributed by atoms with Crippen molar-refractivity contribution in [3.63, 3.8) is 0 Å². The number of aromatic amines is 1. The first kappa shape index (κ1) is 26.1. The molecule has 2 aliphatic heterocycles. The lowest BCUT2D eigenvalue weighted by molar-refractivity contribution is -0.198. The van der Waals surface area contributed by atoms with Gasteiger partial charge in [-0.3, -0.25) is 28.3 Å². The Bertz CT molecular complexity index is 1820. The van der Waals surface area contributed by atoms with Gasteiger partial charge >= 0.3 is 11.4 Å². The zero-order valence-corrected chi connectivity index (χ0v) is 22.4. The highest BCUT2D eigenvalue weighted by atomic mass is 16.8. The third-order valence-electron chi connectivity index (χ3n) is 7.25. The van der Waals surface area contributed by atoms with E-state index in [9.17, 15) is 19.2 Å². The zero-order chi connectivity index (χ0) is 28.3. The Balaban J connectivity index is 1.14.